The minimum absolute atomic E-state index is 0.0181. The second-order valence-corrected chi connectivity index (χ2v) is 5.47. The van der Waals surface area contributed by atoms with E-state index in [9.17, 15) is 4.79 Å². The fourth-order valence-electron chi connectivity index (χ4n) is 3.54. The van der Waals surface area contributed by atoms with Gasteiger partial charge >= 0.3 is 5.97 Å². The monoisotopic (exact) mass is 256 g/mol. The molecule has 2 nitrogen and oxygen atoms in total. The molecule has 0 fully saturated rings. The maximum atomic E-state index is 12.5. The zero-order valence-electron chi connectivity index (χ0n) is 11.4. The molecular formula is C17H20O2. The molecule has 0 spiro atoms. The highest BCUT2D eigenvalue weighted by Crippen LogP contribution is 2.51. The average molecular weight is 256 g/mol. The Bertz CT molecular complexity index is 530. The van der Waals surface area contributed by atoms with Crippen molar-refractivity contribution in [1.82, 2.24) is 0 Å². The van der Waals surface area contributed by atoms with E-state index in [0.29, 0.717) is 6.61 Å². The molecule has 0 aromatic heterocycles. The summed E-state index contributed by atoms with van der Waals surface area (Å²) in [6, 6.07) is 8.48. The van der Waals surface area contributed by atoms with Gasteiger partial charge in [-0.3, -0.25) is 4.79 Å². The molecule has 2 aliphatic carbocycles. The Balaban J connectivity index is 2.08. The summed E-state index contributed by atoms with van der Waals surface area (Å²) in [5.74, 6) is -0.0181. The first-order chi connectivity index (χ1) is 9.28. The van der Waals surface area contributed by atoms with Crippen molar-refractivity contribution in [3.63, 3.8) is 0 Å². The van der Waals surface area contributed by atoms with E-state index in [1.165, 1.54) is 16.7 Å². The molecule has 1 aromatic rings. The summed E-state index contributed by atoms with van der Waals surface area (Å²) in [4.78, 5) is 12.5. The van der Waals surface area contributed by atoms with Gasteiger partial charge in [-0.1, -0.05) is 30.3 Å². The van der Waals surface area contributed by atoms with Gasteiger partial charge in [0, 0.05) is 0 Å². The van der Waals surface area contributed by atoms with E-state index in [2.05, 4.69) is 30.3 Å². The van der Waals surface area contributed by atoms with Gasteiger partial charge in [0.2, 0.25) is 0 Å². The number of rotatable bonds is 2. The van der Waals surface area contributed by atoms with Crippen molar-refractivity contribution in [3.8, 4) is 0 Å². The van der Waals surface area contributed by atoms with Crippen LogP contribution in [0.3, 0.4) is 0 Å². The quantitative estimate of drug-likeness (QED) is 0.753. The van der Waals surface area contributed by atoms with Crippen LogP contribution in [0.2, 0.25) is 0 Å². The topological polar surface area (TPSA) is 26.3 Å². The normalized spacial score (nSPS) is 25.0. The van der Waals surface area contributed by atoms with Crippen LogP contribution in [0.25, 0.3) is 5.57 Å². The number of carbonyl (C=O) groups is 1. The Hall–Kier alpha value is -1.57. The summed E-state index contributed by atoms with van der Waals surface area (Å²) < 4.78 is 5.38. The van der Waals surface area contributed by atoms with E-state index >= 15 is 0 Å². The van der Waals surface area contributed by atoms with Gasteiger partial charge < -0.3 is 4.74 Å². The third kappa shape index (κ3) is 1.90. The molecule has 0 aliphatic heterocycles. The minimum Gasteiger partial charge on any atom is -0.465 e. The smallest absolute Gasteiger partial charge is 0.316 e. The molecule has 100 valence electrons. The first-order valence-electron chi connectivity index (χ1n) is 7.24. The molecule has 2 aliphatic rings. The van der Waals surface area contributed by atoms with Crippen LogP contribution in [0.1, 0.15) is 43.7 Å². The highest BCUT2D eigenvalue weighted by molar-refractivity contribution is 5.95. The molecule has 1 unspecified atom stereocenters. The van der Waals surface area contributed by atoms with Gasteiger partial charge in [0.05, 0.1) is 12.0 Å². The number of carbonyl (C=O) groups excluding carboxylic acids is 1. The van der Waals surface area contributed by atoms with Crippen LogP contribution >= 0.6 is 0 Å². The first-order valence-corrected chi connectivity index (χ1v) is 7.24. The molecule has 0 N–H and O–H groups in total. The molecular weight excluding hydrogens is 236 g/mol. The second-order valence-electron chi connectivity index (χ2n) is 5.47. The van der Waals surface area contributed by atoms with E-state index < -0.39 is 0 Å². The van der Waals surface area contributed by atoms with E-state index in [1.54, 1.807) is 0 Å². The number of allylic oxidation sites excluding steroid dienone is 1. The highest BCUT2D eigenvalue weighted by atomic mass is 16.5. The van der Waals surface area contributed by atoms with E-state index in [1.807, 2.05) is 6.92 Å². The van der Waals surface area contributed by atoms with Crippen LogP contribution in [-0.4, -0.2) is 12.6 Å². The summed E-state index contributed by atoms with van der Waals surface area (Å²) in [7, 11) is 0. The number of fused-ring (bicyclic) bond motifs is 3. The standard InChI is InChI=1S/C17H20O2/c1-2-19-16(18)17-11-6-5-9-15(17)14-8-4-3-7-13(14)10-12-17/h3-4,7-9H,2,5-6,10-12H2,1H3. The van der Waals surface area contributed by atoms with Crippen molar-refractivity contribution in [1.29, 1.82) is 0 Å². The van der Waals surface area contributed by atoms with Gasteiger partial charge in [-0.25, -0.2) is 0 Å². The third-order valence-electron chi connectivity index (χ3n) is 4.47. The maximum absolute atomic E-state index is 12.5. The van der Waals surface area contributed by atoms with Crippen molar-refractivity contribution >= 4 is 11.5 Å². The summed E-state index contributed by atoms with van der Waals surface area (Å²) >= 11 is 0. The van der Waals surface area contributed by atoms with Crippen molar-refractivity contribution in [2.45, 2.75) is 39.0 Å². The predicted octanol–water partition coefficient (Wildman–Crippen LogP) is 3.75. The Morgan fingerprint density at radius 3 is 3.00 bits per heavy atom. The number of esters is 1. The molecule has 0 saturated carbocycles. The molecule has 1 atom stereocenters. The van der Waals surface area contributed by atoms with Gasteiger partial charge in [-0.05, 0) is 55.7 Å². The fraction of sp³-hybridized carbons (Fsp3) is 0.471. The molecule has 19 heavy (non-hydrogen) atoms. The van der Waals surface area contributed by atoms with Crippen molar-refractivity contribution in [2.75, 3.05) is 6.61 Å². The van der Waals surface area contributed by atoms with Crippen LogP contribution in [0.15, 0.2) is 30.3 Å². The van der Waals surface area contributed by atoms with Gasteiger partial charge in [-0.15, -0.1) is 0 Å². The lowest BCUT2D eigenvalue weighted by Crippen LogP contribution is -2.39. The van der Waals surface area contributed by atoms with Crippen LogP contribution in [-0.2, 0) is 16.0 Å². The van der Waals surface area contributed by atoms with E-state index in [0.717, 1.165) is 32.1 Å². The summed E-state index contributed by atoms with van der Waals surface area (Å²) in [6.07, 6.45) is 7.24. The fourth-order valence-corrected chi connectivity index (χ4v) is 3.54. The van der Waals surface area contributed by atoms with E-state index in [-0.39, 0.29) is 11.4 Å². The van der Waals surface area contributed by atoms with Crippen molar-refractivity contribution in [3.05, 3.63) is 41.5 Å². The molecule has 2 heteroatoms. The molecule has 3 rings (SSSR count). The number of benzene rings is 1. The Morgan fingerprint density at radius 2 is 2.16 bits per heavy atom. The number of hydrogen-bond donors (Lipinski definition) is 0. The van der Waals surface area contributed by atoms with Gasteiger partial charge in [-0.2, -0.15) is 0 Å². The number of ether oxygens (including phenoxy) is 1. The second kappa shape index (κ2) is 4.84. The van der Waals surface area contributed by atoms with Crippen LogP contribution in [0.5, 0.6) is 0 Å². The largest absolute Gasteiger partial charge is 0.465 e. The first kappa shape index (κ1) is 12.5. The van der Waals surface area contributed by atoms with Gasteiger partial charge in [0.25, 0.3) is 0 Å². The Morgan fingerprint density at radius 1 is 1.32 bits per heavy atom. The predicted molar refractivity (Wildman–Crippen MR) is 75.7 cm³/mol. The summed E-state index contributed by atoms with van der Waals surface area (Å²) in [5, 5.41) is 0. The van der Waals surface area contributed by atoms with Crippen molar-refractivity contribution in [2.24, 2.45) is 5.41 Å². The average Bonchev–Trinajstić information content (AvgIpc) is 2.47. The van der Waals surface area contributed by atoms with E-state index in [4.69, 9.17) is 4.74 Å². The lowest BCUT2D eigenvalue weighted by Gasteiger charge is -2.40. The lowest BCUT2D eigenvalue weighted by atomic mass is 9.63. The Labute approximate surface area is 114 Å². The zero-order valence-corrected chi connectivity index (χ0v) is 11.4. The summed E-state index contributed by atoms with van der Waals surface area (Å²) in [6.45, 7) is 2.35. The molecule has 0 bridgehead atoms. The van der Waals surface area contributed by atoms with Gasteiger partial charge in [0.1, 0.15) is 0 Å². The van der Waals surface area contributed by atoms with Crippen LogP contribution in [0, 0.1) is 5.41 Å². The number of hydrogen-bond acceptors (Lipinski definition) is 2. The molecule has 1 aromatic carbocycles. The lowest BCUT2D eigenvalue weighted by molar-refractivity contribution is -0.152. The Kier molecular flexibility index (Phi) is 3.17. The van der Waals surface area contributed by atoms with Crippen molar-refractivity contribution < 1.29 is 9.53 Å². The SMILES string of the molecule is CCOC(=O)C12CCCC=C1c1ccccc1CC2. The molecule has 0 heterocycles. The number of aryl methyl sites for hydroxylation is 1. The third-order valence-corrected chi connectivity index (χ3v) is 4.47. The maximum Gasteiger partial charge on any atom is 0.316 e. The molecule has 0 radical (unpaired) electrons. The zero-order chi connectivity index (χ0) is 13.3. The highest BCUT2D eigenvalue weighted by Gasteiger charge is 2.46. The van der Waals surface area contributed by atoms with Crippen LogP contribution in [0.4, 0.5) is 0 Å². The van der Waals surface area contributed by atoms with Gasteiger partial charge in [0.15, 0.2) is 0 Å². The molecule has 0 saturated heterocycles. The van der Waals surface area contributed by atoms with Crippen LogP contribution < -0.4 is 0 Å². The molecule has 0 amide bonds. The summed E-state index contributed by atoms with van der Waals surface area (Å²) in [5.41, 5.74) is 3.49. The minimum atomic E-state index is -0.372.